The molecule has 7 nitrogen and oxygen atoms in total. The molecule has 0 bridgehead atoms. The summed E-state index contributed by atoms with van der Waals surface area (Å²) in [4.78, 5) is 18.1. The van der Waals surface area contributed by atoms with Gasteiger partial charge in [0.2, 0.25) is 0 Å². The monoisotopic (exact) mass is 250 g/mol. The summed E-state index contributed by atoms with van der Waals surface area (Å²) >= 11 is 0. The highest BCUT2D eigenvalue weighted by molar-refractivity contribution is 5.92. The van der Waals surface area contributed by atoms with Crippen LogP contribution in [-0.2, 0) is 0 Å². The van der Waals surface area contributed by atoms with E-state index in [1.165, 1.54) is 6.20 Å². The van der Waals surface area contributed by atoms with Crippen LogP contribution in [-0.4, -0.2) is 26.7 Å². The Morgan fingerprint density at radius 1 is 1.44 bits per heavy atom. The van der Waals surface area contributed by atoms with E-state index in [2.05, 4.69) is 15.3 Å². The maximum Gasteiger partial charge on any atom is 0.312 e. The molecule has 0 atom stereocenters. The molecule has 18 heavy (non-hydrogen) atoms. The molecule has 0 saturated carbocycles. The van der Waals surface area contributed by atoms with Crippen molar-refractivity contribution in [2.75, 3.05) is 12.0 Å². The van der Waals surface area contributed by atoms with Crippen molar-refractivity contribution in [2.24, 2.45) is 0 Å². The molecule has 7 heteroatoms. The number of anilines is 1. The largest absolute Gasteiger partial charge is 0.377 e. The van der Waals surface area contributed by atoms with Gasteiger partial charge in [-0.2, -0.15) is 0 Å². The summed E-state index contributed by atoms with van der Waals surface area (Å²) in [5.41, 5.74) is 0.869. The number of hydrogen-bond donors (Lipinski definition) is 2. The van der Waals surface area contributed by atoms with Crippen LogP contribution in [0.3, 0.4) is 0 Å². The van der Waals surface area contributed by atoms with Crippen molar-refractivity contribution in [1.82, 2.24) is 9.97 Å². The number of hydrogen-bond acceptors (Lipinski definition) is 6. The van der Waals surface area contributed by atoms with Crippen molar-refractivity contribution in [3.05, 3.63) is 34.6 Å². The fourth-order valence-electron chi connectivity index (χ4n) is 1.40. The Hall–Kier alpha value is -2.28. The van der Waals surface area contributed by atoms with E-state index in [-0.39, 0.29) is 11.4 Å². The highest BCUT2D eigenvalue weighted by atomic mass is 16.6. The minimum atomic E-state index is -0.570. The second-order valence-corrected chi connectivity index (χ2v) is 2.98. The zero-order chi connectivity index (χ0) is 13.5. The van der Waals surface area contributed by atoms with Gasteiger partial charge in [-0.15, -0.1) is 0 Å². The number of aliphatic hydroxyl groups is 1. The summed E-state index contributed by atoms with van der Waals surface area (Å²) in [7, 11) is 0. The SMILES string of the molecule is CC.O=[N+]([O-])c1cnc2cccnc2c1NCO. The van der Waals surface area contributed by atoms with Crippen molar-refractivity contribution >= 4 is 22.4 Å². The molecule has 0 aliphatic carbocycles. The summed E-state index contributed by atoms with van der Waals surface area (Å²) in [5.74, 6) is 0. The minimum absolute atomic E-state index is 0.179. The lowest BCUT2D eigenvalue weighted by Crippen LogP contribution is -2.05. The summed E-state index contributed by atoms with van der Waals surface area (Å²) < 4.78 is 0. The van der Waals surface area contributed by atoms with Crippen LogP contribution in [0.25, 0.3) is 11.0 Å². The van der Waals surface area contributed by atoms with E-state index in [9.17, 15) is 10.1 Å². The van der Waals surface area contributed by atoms with Gasteiger partial charge in [-0.1, -0.05) is 13.8 Å². The van der Waals surface area contributed by atoms with Crippen LogP contribution in [0.1, 0.15) is 13.8 Å². The van der Waals surface area contributed by atoms with E-state index in [0.29, 0.717) is 11.0 Å². The van der Waals surface area contributed by atoms with Gasteiger partial charge in [-0.25, -0.2) is 4.98 Å². The highest BCUT2D eigenvalue weighted by Gasteiger charge is 2.18. The summed E-state index contributed by atoms with van der Waals surface area (Å²) in [6.45, 7) is 3.59. The molecular weight excluding hydrogens is 236 g/mol. The van der Waals surface area contributed by atoms with Gasteiger partial charge in [0.25, 0.3) is 0 Å². The topological polar surface area (TPSA) is 101 Å². The first-order valence-electron chi connectivity index (χ1n) is 5.47. The average molecular weight is 250 g/mol. The van der Waals surface area contributed by atoms with Crippen LogP contribution in [0, 0.1) is 10.1 Å². The molecule has 0 aromatic carbocycles. The van der Waals surface area contributed by atoms with Gasteiger partial charge >= 0.3 is 5.69 Å². The molecule has 0 spiro atoms. The normalized spacial score (nSPS) is 9.50. The molecule has 0 amide bonds. The van der Waals surface area contributed by atoms with Crippen LogP contribution in [0.4, 0.5) is 11.4 Å². The van der Waals surface area contributed by atoms with E-state index >= 15 is 0 Å². The minimum Gasteiger partial charge on any atom is -0.377 e. The number of fused-ring (bicyclic) bond motifs is 1. The zero-order valence-electron chi connectivity index (χ0n) is 10.1. The Morgan fingerprint density at radius 2 is 2.17 bits per heavy atom. The number of rotatable bonds is 3. The predicted octanol–water partition coefficient (Wildman–Crippen LogP) is 1.93. The third-order valence-electron chi connectivity index (χ3n) is 2.06. The van der Waals surface area contributed by atoms with E-state index in [1.54, 1.807) is 12.1 Å². The van der Waals surface area contributed by atoms with Crippen LogP contribution < -0.4 is 5.32 Å². The van der Waals surface area contributed by atoms with Crippen LogP contribution >= 0.6 is 0 Å². The lowest BCUT2D eigenvalue weighted by Gasteiger charge is -2.06. The molecule has 0 radical (unpaired) electrons. The smallest absolute Gasteiger partial charge is 0.312 e. The molecule has 0 saturated heterocycles. The van der Waals surface area contributed by atoms with Crippen molar-refractivity contribution in [1.29, 1.82) is 0 Å². The number of aromatic nitrogens is 2. The van der Waals surface area contributed by atoms with Gasteiger partial charge in [-0.3, -0.25) is 15.1 Å². The second kappa shape index (κ2) is 6.45. The Labute approximate surface area is 104 Å². The highest BCUT2D eigenvalue weighted by Crippen LogP contribution is 2.29. The van der Waals surface area contributed by atoms with Gasteiger partial charge in [0.15, 0.2) is 0 Å². The summed E-state index contributed by atoms with van der Waals surface area (Å²) in [6, 6.07) is 3.37. The van der Waals surface area contributed by atoms with Crippen LogP contribution in [0.2, 0.25) is 0 Å². The Balaban J connectivity index is 0.000000771. The lowest BCUT2D eigenvalue weighted by atomic mass is 10.2. The van der Waals surface area contributed by atoms with Crippen LogP contribution in [0.15, 0.2) is 24.5 Å². The molecule has 0 aliphatic heterocycles. The number of pyridine rings is 2. The van der Waals surface area contributed by atoms with E-state index in [0.717, 1.165) is 6.20 Å². The van der Waals surface area contributed by atoms with E-state index < -0.39 is 11.7 Å². The molecule has 2 aromatic heterocycles. The molecule has 2 heterocycles. The molecule has 0 fully saturated rings. The molecule has 96 valence electrons. The Bertz CT molecular complexity index is 545. The first-order valence-corrected chi connectivity index (χ1v) is 5.47. The van der Waals surface area contributed by atoms with Gasteiger partial charge < -0.3 is 10.4 Å². The number of nitrogens with one attached hydrogen (secondary N) is 1. The Kier molecular flexibility index (Phi) is 4.94. The lowest BCUT2D eigenvalue weighted by molar-refractivity contribution is -0.384. The number of nitrogens with zero attached hydrogens (tertiary/aromatic N) is 3. The zero-order valence-corrected chi connectivity index (χ0v) is 10.1. The maximum atomic E-state index is 10.8. The molecule has 2 N–H and O–H groups in total. The second-order valence-electron chi connectivity index (χ2n) is 2.98. The molecule has 2 aromatic rings. The fraction of sp³-hybridized carbons (Fsp3) is 0.273. The van der Waals surface area contributed by atoms with Crippen molar-refractivity contribution < 1.29 is 10.0 Å². The first-order chi connectivity index (χ1) is 8.74. The average Bonchev–Trinajstić information content (AvgIpc) is 2.41. The standard InChI is InChI=1S/C9H8N4O3.C2H6/c14-5-12-9-7(13(15)16)4-11-6-2-1-3-10-8(6)9;1-2/h1-4,14H,5H2,(H,11,12);1-2H3. The van der Waals surface area contributed by atoms with Gasteiger partial charge in [0.05, 0.1) is 10.4 Å². The number of nitro groups is 1. The maximum absolute atomic E-state index is 10.8. The van der Waals surface area contributed by atoms with E-state index in [1.807, 2.05) is 13.8 Å². The number of aliphatic hydroxyl groups excluding tert-OH is 1. The van der Waals surface area contributed by atoms with E-state index in [4.69, 9.17) is 5.11 Å². The van der Waals surface area contributed by atoms with Gasteiger partial charge in [0.1, 0.15) is 24.1 Å². The Morgan fingerprint density at radius 3 is 2.78 bits per heavy atom. The van der Waals surface area contributed by atoms with Gasteiger partial charge in [-0.05, 0) is 12.1 Å². The molecule has 2 rings (SSSR count). The van der Waals surface area contributed by atoms with Gasteiger partial charge in [0, 0.05) is 6.20 Å². The van der Waals surface area contributed by atoms with Crippen molar-refractivity contribution in [3.63, 3.8) is 0 Å². The predicted molar refractivity (Wildman–Crippen MR) is 68.2 cm³/mol. The third kappa shape index (κ3) is 2.69. The summed E-state index contributed by atoms with van der Waals surface area (Å²) in [6.07, 6.45) is 2.65. The molecular formula is C11H14N4O3. The van der Waals surface area contributed by atoms with Crippen molar-refractivity contribution in [2.45, 2.75) is 13.8 Å². The third-order valence-corrected chi connectivity index (χ3v) is 2.06. The fourth-order valence-corrected chi connectivity index (χ4v) is 1.40. The van der Waals surface area contributed by atoms with Crippen molar-refractivity contribution in [3.8, 4) is 0 Å². The molecule has 0 aliphatic rings. The first kappa shape index (κ1) is 13.8. The van der Waals surface area contributed by atoms with Crippen LogP contribution in [0.5, 0.6) is 0 Å². The summed E-state index contributed by atoms with van der Waals surface area (Å²) in [5, 5.41) is 22.1. The quantitative estimate of drug-likeness (QED) is 0.490. The molecule has 0 unspecified atom stereocenters.